The van der Waals surface area contributed by atoms with Gasteiger partial charge in [-0.15, -0.1) is 0 Å². The highest BCUT2D eigenvalue weighted by atomic mass is 16.4. The molecule has 1 amide bonds. The van der Waals surface area contributed by atoms with E-state index >= 15 is 0 Å². The van der Waals surface area contributed by atoms with E-state index in [1.807, 2.05) is 24.3 Å². The number of nitrogens with one attached hydrogen (secondary N) is 1. The van der Waals surface area contributed by atoms with Crippen molar-refractivity contribution < 1.29 is 14.7 Å². The molecule has 4 nitrogen and oxygen atoms in total. The minimum absolute atomic E-state index is 0.0148. The normalized spacial score (nSPS) is 12.2. The average molecular weight is 263 g/mol. The summed E-state index contributed by atoms with van der Waals surface area (Å²) in [6.45, 7) is 5.96. The number of carboxylic acids is 1. The molecule has 0 aliphatic rings. The number of carboxylic acid groups (broad SMARTS) is 1. The third-order valence-electron chi connectivity index (χ3n) is 3.08. The predicted octanol–water partition coefficient (Wildman–Crippen LogP) is 3.25. The Morgan fingerprint density at radius 3 is 2.21 bits per heavy atom. The SMILES string of the molecule is CC(CCC(=O)O)C(=O)Nc1ccc(C(C)C)cc1. The molecule has 1 unspecified atom stereocenters. The van der Waals surface area contributed by atoms with Crippen LogP contribution in [0.15, 0.2) is 24.3 Å². The van der Waals surface area contributed by atoms with Crippen LogP contribution in [0.1, 0.15) is 45.1 Å². The Hall–Kier alpha value is -1.84. The van der Waals surface area contributed by atoms with Crippen LogP contribution in [0.25, 0.3) is 0 Å². The molecule has 0 saturated heterocycles. The zero-order valence-electron chi connectivity index (χ0n) is 11.6. The quantitative estimate of drug-likeness (QED) is 0.828. The standard InChI is InChI=1S/C15H21NO3/c1-10(2)12-5-7-13(8-6-12)16-15(19)11(3)4-9-14(17)18/h5-8,10-11H,4,9H2,1-3H3,(H,16,19)(H,17,18). The lowest BCUT2D eigenvalue weighted by molar-refractivity contribution is -0.137. The molecule has 1 aromatic rings. The van der Waals surface area contributed by atoms with Crippen LogP contribution in [0.5, 0.6) is 0 Å². The summed E-state index contributed by atoms with van der Waals surface area (Å²) in [4.78, 5) is 22.3. The summed E-state index contributed by atoms with van der Waals surface area (Å²) < 4.78 is 0. The van der Waals surface area contributed by atoms with Gasteiger partial charge in [-0.2, -0.15) is 0 Å². The number of aliphatic carboxylic acids is 1. The molecule has 1 aromatic carbocycles. The predicted molar refractivity (Wildman–Crippen MR) is 75.2 cm³/mol. The lowest BCUT2D eigenvalue weighted by atomic mass is 10.0. The molecule has 4 heteroatoms. The van der Waals surface area contributed by atoms with Crippen molar-refractivity contribution in [3.05, 3.63) is 29.8 Å². The minimum atomic E-state index is -0.874. The fraction of sp³-hybridized carbons (Fsp3) is 0.467. The first-order chi connectivity index (χ1) is 8.90. The summed E-state index contributed by atoms with van der Waals surface area (Å²) in [5.74, 6) is -0.861. The second kappa shape index (κ2) is 6.92. The zero-order valence-corrected chi connectivity index (χ0v) is 11.6. The number of benzene rings is 1. The van der Waals surface area contributed by atoms with Crippen molar-refractivity contribution in [2.75, 3.05) is 5.32 Å². The molecule has 0 aromatic heterocycles. The number of hydrogen-bond donors (Lipinski definition) is 2. The number of amides is 1. The van der Waals surface area contributed by atoms with Gasteiger partial charge in [0.05, 0.1) is 0 Å². The van der Waals surface area contributed by atoms with E-state index in [1.165, 1.54) is 5.56 Å². The molecule has 0 heterocycles. The Bertz CT molecular complexity index is 437. The van der Waals surface area contributed by atoms with Crippen molar-refractivity contribution in [2.45, 2.75) is 39.5 Å². The fourth-order valence-corrected chi connectivity index (χ4v) is 1.69. The van der Waals surface area contributed by atoms with Crippen molar-refractivity contribution in [1.82, 2.24) is 0 Å². The maximum absolute atomic E-state index is 11.8. The highest BCUT2D eigenvalue weighted by molar-refractivity contribution is 5.92. The first kappa shape index (κ1) is 15.2. The van der Waals surface area contributed by atoms with E-state index in [1.54, 1.807) is 6.92 Å². The second-order valence-corrected chi connectivity index (χ2v) is 5.10. The van der Waals surface area contributed by atoms with Crippen LogP contribution in [0.2, 0.25) is 0 Å². The van der Waals surface area contributed by atoms with E-state index < -0.39 is 5.97 Å². The summed E-state index contributed by atoms with van der Waals surface area (Å²) in [6.07, 6.45) is 0.367. The molecule has 0 bridgehead atoms. The van der Waals surface area contributed by atoms with Crippen molar-refractivity contribution >= 4 is 17.6 Å². The van der Waals surface area contributed by atoms with Gasteiger partial charge >= 0.3 is 5.97 Å². The van der Waals surface area contributed by atoms with Gasteiger partial charge in [-0.3, -0.25) is 9.59 Å². The Balaban J connectivity index is 2.54. The maximum atomic E-state index is 11.8. The lowest BCUT2D eigenvalue weighted by Gasteiger charge is -2.12. The van der Waals surface area contributed by atoms with E-state index in [2.05, 4.69) is 19.2 Å². The van der Waals surface area contributed by atoms with Gasteiger partial charge in [0.2, 0.25) is 5.91 Å². The van der Waals surface area contributed by atoms with E-state index in [-0.39, 0.29) is 18.2 Å². The third-order valence-corrected chi connectivity index (χ3v) is 3.08. The molecule has 0 spiro atoms. The Labute approximate surface area is 113 Å². The minimum Gasteiger partial charge on any atom is -0.481 e. The lowest BCUT2D eigenvalue weighted by Crippen LogP contribution is -2.21. The van der Waals surface area contributed by atoms with Crippen LogP contribution in [-0.4, -0.2) is 17.0 Å². The van der Waals surface area contributed by atoms with Crippen molar-refractivity contribution in [3.63, 3.8) is 0 Å². The molecule has 1 atom stereocenters. The molecule has 0 aliphatic heterocycles. The van der Waals surface area contributed by atoms with Gasteiger partial charge in [-0.05, 0) is 30.0 Å². The fourth-order valence-electron chi connectivity index (χ4n) is 1.69. The molecule has 2 N–H and O–H groups in total. The highest BCUT2D eigenvalue weighted by Gasteiger charge is 2.14. The molecule has 104 valence electrons. The zero-order chi connectivity index (χ0) is 14.4. The first-order valence-corrected chi connectivity index (χ1v) is 6.52. The van der Waals surface area contributed by atoms with Crippen LogP contribution in [-0.2, 0) is 9.59 Å². The molecular weight excluding hydrogens is 242 g/mol. The monoisotopic (exact) mass is 263 g/mol. The first-order valence-electron chi connectivity index (χ1n) is 6.52. The topological polar surface area (TPSA) is 66.4 Å². The van der Waals surface area contributed by atoms with Gasteiger partial charge in [0.25, 0.3) is 0 Å². The summed E-state index contributed by atoms with van der Waals surface area (Å²) >= 11 is 0. The Morgan fingerprint density at radius 1 is 1.16 bits per heavy atom. The smallest absolute Gasteiger partial charge is 0.303 e. The molecular formula is C15H21NO3. The van der Waals surface area contributed by atoms with Gasteiger partial charge in [0, 0.05) is 18.0 Å². The van der Waals surface area contributed by atoms with Gasteiger partial charge < -0.3 is 10.4 Å². The van der Waals surface area contributed by atoms with Gasteiger partial charge in [0.15, 0.2) is 0 Å². The van der Waals surface area contributed by atoms with E-state index in [4.69, 9.17) is 5.11 Å². The highest BCUT2D eigenvalue weighted by Crippen LogP contribution is 2.18. The number of carbonyl (C=O) groups excluding carboxylic acids is 1. The van der Waals surface area contributed by atoms with E-state index in [0.717, 1.165) is 5.69 Å². The van der Waals surface area contributed by atoms with Crippen LogP contribution < -0.4 is 5.32 Å². The van der Waals surface area contributed by atoms with Gasteiger partial charge in [-0.25, -0.2) is 0 Å². The summed E-state index contributed by atoms with van der Waals surface area (Å²) in [5, 5.41) is 11.4. The summed E-state index contributed by atoms with van der Waals surface area (Å²) in [7, 11) is 0. The summed E-state index contributed by atoms with van der Waals surface area (Å²) in [5.41, 5.74) is 1.97. The second-order valence-electron chi connectivity index (χ2n) is 5.10. The molecule has 0 fully saturated rings. The Morgan fingerprint density at radius 2 is 1.74 bits per heavy atom. The number of rotatable bonds is 6. The van der Waals surface area contributed by atoms with E-state index in [9.17, 15) is 9.59 Å². The summed E-state index contributed by atoms with van der Waals surface area (Å²) in [6, 6.07) is 7.72. The van der Waals surface area contributed by atoms with Crippen LogP contribution >= 0.6 is 0 Å². The average Bonchev–Trinajstić information content (AvgIpc) is 2.36. The number of anilines is 1. The number of hydrogen-bond acceptors (Lipinski definition) is 2. The molecule has 19 heavy (non-hydrogen) atoms. The molecule has 0 radical (unpaired) electrons. The van der Waals surface area contributed by atoms with Crippen LogP contribution in [0.4, 0.5) is 5.69 Å². The molecule has 0 aliphatic carbocycles. The Kier molecular flexibility index (Phi) is 5.55. The number of carbonyl (C=O) groups is 2. The van der Waals surface area contributed by atoms with Crippen LogP contribution in [0, 0.1) is 5.92 Å². The van der Waals surface area contributed by atoms with Crippen molar-refractivity contribution in [2.24, 2.45) is 5.92 Å². The molecule has 1 rings (SSSR count). The van der Waals surface area contributed by atoms with Crippen LogP contribution in [0.3, 0.4) is 0 Å². The largest absolute Gasteiger partial charge is 0.481 e. The maximum Gasteiger partial charge on any atom is 0.303 e. The van der Waals surface area contributed by atoms with Gasteiger partial charge in [-0.1, -0.05) is 32.9 Å². The van der Waals surface area contributed by atoms with Gasteiger partial charge in [0.1, 0.15) is 0 Å². The van der Waals surface area contributed by atoms with Crippen molar-refractivity contribution in [3.8, 4) is 0 Å². The van der Waals surface area contributed by atoms with Crippen molar-refractivity contribution in [1.29, 1.82) is 0 Å². The van der Waals surface area contributed by atoms with E-state index in [0.29, 0.717) is 12.3 Å². The molecule has 0 saturated carbocycles. The third kappa shape index (κ3) is 5.12.